The van der Waals surface area contributed by atoms with Crippen LogP contribution in [-0.2, 0) is 23.2 Å². The Labute approximate surface area is 131 Å². The molecule has 6 nitrogen and oxygen atoms in total. The van der Waals surface area contributed by atoms with Crippen molar-refractivity contribution in [2.45, 2.75) is 46.1 Å². The third kappa shape index (κ3) is 3.15. The van der Waals surface area contributed by atoms with E-state index in [1.54, 1.807) is 11.9 Å². The molecule has 122 valence electrons. The first-order valence-corrected chi connectivity index (χ1v) is 7.79. The van der Waals surface area contributed by atoms with Crippen LogP contribution < -0.4 is 0 Å². The lowest BCUT2D eigenvalue weighted by Crippen LogP contribution is -2.40. The van der Waals surface area contributed by atoms with Crippen molar-refractivity contribution in [3.8, 4) is 0 Å². The number of aliphatic carboxylic acids is 1. The van der Waals surface area contributed by atoms with E-state index in [9.17, 15) is 14.7 Å². The first-order valence-electron chi connectivity index (χ1n) is 7.79. The molecule has 0 spiro atoms. The van der Waals surface area contributed by atoms with Crippen molar-refractivity contribution in [2.24, 2.45) is 18.9 Å². The van der Waals surface area contributed by atoms with Gasteiger partial charge in [0.15, 0.2) is 0 Å². The number of carbonyl (C=O) groups excluding carboxylic acids is 1. The molecule has 0 saturated heterocycles. The van der Waals surface area contributed by atoms with Crippen LogP contribution in [-0.4, -0.2) is 38.7 Å². The fourth-order valence-corrected chi connectivity index (χ4v) is 3.37. The van der Waals surface area contributed by atoms with Gasteiger partial charge in [-0.3, -0.25) is 14.3 Å². The Bertz CT molecular complexity index is 579. The Morgan fingerprint density at radius 2 is 1.86 bits per heavy atom. The Kier molecular flexibility index (Phi) is 4.88. The molecule has 1 fully saturated rings. The molecule has 2 rings (SSSR count). The van der Waals surface area contributed by atoms with E-state index >= 15 is 0 Å². The minimum absolute atomic E-state index is 0.0604. The number of aromatic nitrogens is 2. The first-order chi connectivity index (χ1) is 10.3. The second-order valence-corrected chi connectivity index (χ2v) is 6.30. The average Bonchev–Trinajstić information content (AvgIpc) is 2.72. The van der Waals surface area contributed by atoms with Gasteiger partial charge in [0.2, 0.25) is 5.91 Å². The number of hydrogen-bond donors (Lipinski definition) is 1. The lowest BCUT2D eigenvalue weighted by molar-refractivity contribution is -0.152. The number of carboxylic acid groups (broad SMARTS) is 1. The number of carbonyl (C=O) groups is 2. The van der Waals surface area contributed by atoms with Gasteiger partial charge in [-0.15, -0.1) is 0 Å². The van der Waals surface area contributed by atoms with Crippen LogP contribution in [0.1, 0.15) is 42.6 Å². The molecule has 0 bridgehead atoms. The van der Waals surface area contributed by atoms with Crippen molar-refractivity contribution in [3.63, 3.8) is 0 Å². The average molecular weight is 307 g/mol. The molecule has 1 heterocycles. The predicted molar refractivity (Wildman–Crippen MR) is 82.2 cm³/mol. The molecule has 1 aromatic heterocycles. The van der Waals surface area contributed by atoms with Gasteiger partial charge in [-0.2, -0.15) is 5.10 Å². The zero-order chi connectivity index (χ0) is 16.4. The van der Waals surface area contributed by atoms with Gasteiger partial charge in [-0.25, -0.2) is 0 Å². The number of carboxylic acids is 1. The summed E-state index contributed by atoms with van der Waals surface area (Å²) >= 11 is 0. The number of aryl methyl sites for hydroxylation is 2. The summed E-state index contributed by atoms with van der Waals surface area (Å²) in [6.45, 7) is 4.39. The van der Waals surface area contributed by atoms with Crippen molar-refractivity contribution in [3.05, 3.63) is 17.0 Å². The Morgan fingerprint density at radius 3 is 2.36 bits per heavy atom. The number of nitrogens with zero attached hydrogens (tertiary/aromatic N) is 3. The molecule has 1 aromatic rings. The molecule has 1 amide bonds. The highest BCUT2D eigenvalue weighted by Gasteiger charge is 2.37. The van der Waals surface area contributed by atoms with Gasteiger partial charge < -0.3 is 10.0 Å². The third-order valence-corrected chi connectivity index (χ3v) is 4.83. The maximum Gasteiger partial charge on any atom is 0.307 e. The molecule has 1 aliphatic rings. The molecule has 0 aliphatic heterocycles. The summed E-state index contributed by atoms with van der Waals surface area (Å²) in [5.74, 6) is -1.84. The highest BCUT2D eigenvalue weighted by molar-refractivity contribution is 5.84. The summed E-state index contributed by atoms with van der Waals surface area (Å²) in [6.07, 6.45) is 3.10. The van der Waals surface area contributed by atoms with E-state index in [1.807, 2.05) is 25.6 Å². The Balaban J connectivity index is 2.12. The third-order valence-electron chi connectivity index (χ3n) is 4.83. The summed E-state index contributed by atoms with van der Waals surface area (Å²) in [7, 11) is 3.64. The highest BCUT2D eigenvalue weighted by atomic mass is 16.4. The van der Waals surface area contributed by atoms with Gasteiger partial charge in [-0.05, 0) is 26.7 Å². The topological polar surface area (TPSA) is 75.4 Å². The van der Waals surface area contributed by atoms with Crippen LogP contribution >= 0.6 is 0 Å². The molecule has 0 aromatic carbocycles. The van der Waals surface area contributed by atoms with Crippen molar-refractivity contribution in [1.29, 1.82) is 0 Å². The van der Waals surface area contributed by atoms with Gasteiger partial charge in [-0.1, -0.05) is 12.8 Å². The summed E-state index contributed by atoms with van der Waals surface area (Å²) in [5.41, 5.74) is 3.00. The SMILES string of the molecule is Cc1nn(C)c(C)c1CN(C)C(=O)[C@@H]1CCCC[C@@H]1C(=O)O. The number of rotatable bonds is 4. The van der Waals surface area contributed by atoms with E-state index in [0.717, 1.165) is 29.8 Å². The maximum absolute atomic E-state index is 12.7. The zero-order valence-corrected chi connectivity index (χ0v) is 13.8. The van der Waals surface area contributed by atoms with Crippen molar-refractivity contribution >= 4 is 11.9 Å². The van der Waals surface area contributed by atoms with Gasteiger partial charge in [0, 0.05) is 31.9 Å². The Morgan fingerprint density at radius 1 is 1.27 bits per heavy atom. The minimum Gasteiger partial charge on any atom is -0.481 e. The smallest absolute Gasteiger partial charge is 0.307 e. The quantitative estimate of drug-likeness (QED) is 0.921. The van der Waals surface area contributed by atoms with E-state index < -0.39 is 17.8 Å². The molecule has 0 radical (unpaired) electrons. The van der Waals surface area contributed by atoms with Gasteiger partial charge in [0.1, 0.15) is 0 Å². The Hall–Kier alpha value is -1.85. The van der Waals surface area contributed by atoms with Gasteiger partial charge in [0.25, 0.3) is 0 Å². The second-order valence-electron chi connectivity index (χ2n) is 6.30. The van der Waals surface area contributed by atoms with Crippen LogP contribution in [0.3, 0.4) is 0 Å². The summed E-state index contributed by atoms with van der Waals surface area (Å²) in [5, 5.41) is 13.7. The van der Waals surface area contributed by atoms with E-state index in [-0.39, 0.29) is 5.91 Å². The van der Waals surface area contributed by atoms with Crippen LogP contribution in [0.2, 0.25) is 0 Å². The second kappa shape index (κ2) is 6.50. The number of amides is 1. The lowest BCUT2D eigenvalue weighted by atomic mass is 9.78. The minimum atomic E-state index is -0.847. The molecular weight excluding hydrogens is 282 g/mol. The first kappa shape index (κ1) is 16.5. The fourth-order valence-electron chi connectivity index (χ4n) is 3.37. The summed E-state index contributed by atoms with van der Waals surface area (Å²) in [4.78, 5) is 25.7. The van der Waals surface area contributed by atoms with Gasteiger partial charge in [0.05, 0.1) is 17.5 Å². The largest absolute Gasteiger partial charge is 0.481 e. The van der Waals surface area contributed by atoms with Crippen molar-refractivity contribution in [2.75, 3.05) is 7.05 Å². The normalized spacial score (nSPS) is 21.6. The molecule has 0 unspecified atom stereocenters. The monoisotopic (exact) mass is 307 g/mol. The lowest BCUT2D eigenvalue weighted by Gasteiger charge is -2.31. The van der Waals surface area contributed by atoms with Crippen LogP contribution in [0.5, 0.6) is 0 Å². The standard InChI is InChI=1S/C16H25N3O3/c1-10-14(11(2)19(4)17-10)9-18(3)15(20)12-7-5-6-8-13(12)16(21)22/h12-13H,5-9H2,1-4H3,(H,21,22)/t12-,13+/m1/s1. The van der Waals surface area contributed by atoms with Crippen LogP contribution in [0.15, 0.2) is 0 Å². The van der Waals surface area contributed by atoms with E-state index in [1.165, 1.54) is 0 Å². The summed E-state index contributed by atoms with van der Waals surface area (Å²) < 4.78 is 1.81. The van der Waals surface area contributed by atoms with Crippen LogP contribution in [0, 0.1) is 25.7 Å². The molecule has 1 aliphatic carbocycles. The van der Waals surface area contributed by atoms with Crippen molar-refractivity contribution < 1.29 is 14.7 Å². The highest BCUT2D eigenvalue weighted by Crippen LogP contribution is 2.32. The molecule has 6 heteroatoms. The van der Waals surface area contributed by atoms with Gasteiger partial charge >= 0.3 is 5.97 Å². The van der Waals surface area contributed by atoms with Crippen LogP contribution in [0.4, 0.5) is 0 Å². The van der Waals surface area contributed by atoms with Crippen molar-refractivity contribution in [1.82, 2.24) is 14.7 Å². The molecule has 22 heavy (non-hydrogen) atoms. The van der Waals surface area contributed by atoms with Crippen LogP contribution in [0.25, 0.3) is 0 Å². The molecule has 1 N–H and O–H groups in total. The van der Waals surface area contributed by atoms with E-state index in [2.05, 4.69) is 5.10 Å². The van der Waals surface area contributed by atoms with E-state index in [0.29, 0.717) is 19.4 Å². The molecule has 2 atom stereocenters. The maximum atomic E-state index is 12.7. The van der Waals surface area contributed by atoms with E-state index in [4.69, 9.17) is 0 Å². The number of hydrogen-bond acceptors (Lipinski definition) is 3. The molecule has 1 saturated carbocycles. The zero-order valence-electron chi connectivity index (χ0n) is 13.8. The summed E-state index contributed by atoms with van der Waals surface area (Å²) in [6, 6.07) is 0. The molecular formula is C16H25N3O3. The predicted octanol–water partition coefficient (Wildman–Crippen LogP) is 1.89. The fraction of sp³-hybridized carbons (Fsp3) is 0.688.